The molecule has 0 aromatic heterocycles. The van der Waals surface area contributed by atoms with E-state index in [-0.39, 0.29) is 18.9 Å². The third-order valence-corrected chi connectivity index (χ3v) is 3.18. The maximum absolute atomic E-state index is 12.4. The van der Waals surface area contributed by atoms with Crippen molar-refractivity contribution < 1.29 is 27.5 Å². The Morgan fingerprint density at radius 3 is 2.38 bits per heavy atom. The summed E-state index contributed by atoms with van der Waals surface area (Å²) < 4.78 is 42.6. The summed E-state index contributed by atoms with van der Waals surface area (Å²) >= 11 is 0. The van der Waals surface area contributed by atoms with Crippen LogP contribution in [0.25, 0.3) is 0 Å². The van der Waals surface area contributed by atoms with E-state index in [1.165, 1.54) is 12.1 Å². The van der Waals surface area contributed by atoms with Crippen LogP contribution in [-0.2, 0) is 17.5 Å². The van der Waals surface area contributed by atoms with E-state index in [2.05, 4.69) is 5.32 Å². The molecule has 0 saturated heterocycles. The molecule has 0 aliphatic rings. The van der Waals surface area contributed by atoms with Crippen molar-refractivity contribution in [2.75, 3.05) is 6.61 Å². The number of hydrogen-bond donors (Lipinski definition) is 1. The number of rotatable bonds is 6. The first-order valence-corrected chi connectivity index (χ1v) is 7.00. The molecular weight excluding hydrogens is 323 g/mol. The van der Waals surface area contributed by atoms with Crippen LogP contribution in [0.1, 0.15) is 21.5 Å². The quantitative estimate of drug-likeness (QED) is 0.824. The second-order valence-corrected chi connectivity index (χ2v) is 4.92. The normalized spacial score (nSPS) is 11.0. The Labute approximate surface area is 136 Å². The minimum absolute atomic E-state index is 0.0790. The van der Waals surface area contributed by atoms with E-state index in [0.717, 1.165) is 12.1 Å². The van der Waals surface area contributed by atoms with Crippen LogP contribution in [0, 0.1) is 0 Å². The molecule has 7 heteroatoms. The number of alkyl halides is 3. The topological polar surface area (TPSA) is 55.4 Å². The van der Waals surface area contributed by atoms with Crippen LogP contribution in [0.4, 0.5) is 13.2 Å². The summed E-state index contributed by atoms with van der Waals surface area (Å²) in [5.41, 5.74) is 0.115. The lowest BCUT2D eigenvalue weighted by Crippen LogP contribution is -2.28. The molecule has 2 rings (SSSR count). The molecule has 1 N–H and O–H groups in total. The molecular formula is C17H14F3NO3. The molecule has 0 aliphatic heterocycles. The lowest BCUT2D eigenvalue weighted by atomic mass is 10.1. The average molecular weight is 337 g/mol. The summed E-state index contributed by atoms with van der Waals surface area (Å²) in [7, 11) is 0. The van der Waals surface area contributed by atoms with Crippen molar-refractivity contribution in [3.05, 3.63) is 65.2 Å². The summed E-state index contributed by atoms with van der Waals surface area (Å²) in [4.78, 5) is 22.5. The molecule has 2 aromatic carbocycles. The molecule has 0 bridgehead atoms. The fourth-order valence-electron chi connectivity index (χ4n) is 1.92. The van der Waals surface area contributed by atoms with Gasteiger partial charge in [-0.25, -0.2) is 0 Å². The zero-order valence-electron chi connectivity index (χ0n) is 12.5. The maximum atomic E-state index is 12.4. The molecule has 24 heavy (non-hydrogen) atoms. The molecule has 0 heterocycles. The highest BCUT2D eigenvalue weighted by Gasteiger charge is 2.29. The molecule has 0 saturated carbocycles. The summed E-state index contributed by atoms with van der Waals surface area (Å²) in [5, 5.41) is 2.53. The van der Waals surface area contributed by atoms with Crippen LogP contribution < -0.4 is 10.1 Å². The summed E-state index contributed by atoms with van der Waals surface area (Å²) in [6, 6.07) is 11.0. The van der Waals surface area contributed by atoms with Gasteiger partial charge in [0.2, 0.25) is 0 Å². The van der Waals surface area contributed by atoms with E-state index in [1.807, 2.05) is 0 Å². The molecule has 1 amide bonds. The minimum atomic E-state index is -4.39. The predicted octanol–water partition coefficient (Wildman–Crippen LogP) is 3.21. The lowest BCUT2D eigenvalue weighted by Gasteiger charge is -2.10. The Kier molecular flexibility index (Phi) is 5.57. The second kappa shape index (κ2) is 7.63. The smallest absolute Gasteiger partial charge is 0.416 e. The SMILES string of the molecule is O=Cc1ccccc1OCC(=O)NCc1ccc(C(F)(F)F)cc1. The maximum Gasteiger partial charge on any atom is 0.416 e. The first kappa shape index (κ1) is 17.5. The Balaban J connectivity index is 1.84. The predicted molar refractivity (Wildman–Crippen MR) is 80.6 cm³/mol. The standard InChI is InChI=1S/C17H14F3NO3/c18-17(19,20)14-7-5-12(6-8-14)9-21-16(23)11-24-15-4-2-1-3-13(15)10-22/h1-8,10H,9,11H2,(H,21,23). The molecule has 0 atom stereocenters. The number of ether oxygens (including phenoxy) is 1. The van der Waals surface area contributed by atoms with Crippen molar-refractivity contribution in [1.82, 2.24) is 5.32 Å². The molecule has 0 radical (unpaired) electrons. The van der Waals surface area contributed by atoms with E-state index in [1.54, 1.807) is 24.3 Å². The average Bonchev–Trinajstić information content (AvgIpc) is 2.58. The Hall–Kier alpha value is -2.83. The largest absolute Gasteiger partial charge is 0.483 e. The number of amides is 1. The van der Waals surface area contributed by atoms with E-state index in [9.17, 15) is 22.8 Å². The van der Waals surface area contributed by atoms with Crippen LogP contribution in [0.2, 0.25) is 0 Å². The third kappa shape index (κ3) is 4.84. The highest BCUT2D eigenvalue weighted by atomic mass is 19.4. The van der Waals surface area contributed by atoms with Gasteiger partial charge in [0.25, 0.3) is 5.91 Å². The number of para-hydroxylation sites is 1. The number of hydrogen-bond acceptors (Lipinski definition) is 3. The van der Waals surface area contributed by atoms with Gasteiger partial charge in [-0.2, -0.15) is 13.2 Å². The van der Waals surface area contributed by atoms with Crippen molar-refractivity contribution in [2.24, 2.45) is 0 Å². The molecule has 0 unspecified atom stereocenters. The van der Waals surface area contributed by atoms with Crippen molar-refractivity contribution in [3.8, 4) is 5.75 Å². The summed E-state index contributed by atoms with van der Waals surface area (Å²) in [5.74, 6) is -0.159. The number of carbonyl (C=O) groups is 2. The third-order valence-electron chi connectivity index (χ3n) is 3.18. The van der Waals surface area contributed by atoms with Crippen LogP contribution in [0.5, 0.6) is 5.75 Å². The second-order valence-electron chi connectivity index (χ2n) is 4.92. The fourth-order valence-corrected chi connectivity index (χ4v) is 1.92. The van der Waals surface area contributed by atoms with Crippen molar-refractivity contribution >= 4 is 12.2 Å². The van der Waals surface area contributed by atoms with Crippen molar-refractivity contribution in [3.63, 3.8) is 0 Å². The zero-order valence-corrected chi connectivity index (χ0v) is 12.5. The van der Waals surface area contributed by atoms with E-state index < -0.39 is 17.6 Å². The summed E-state index contributed by atoms with van der Waals surface area (Å²) in [6.45, 7) is -0.221. The van der Waals surface area contributed by atoms with E-state index in [4.69, 9.17) is 4.74 Å². The number of halogens is 3. The fraction of sp³-hybridized carbons (Fsp3) is 0.176. The van der Waals surface area contributed by atoms with Gasteiger partial charge in [-0.15, -0.1) is 0 Å². The molecule has 4 nitrogen and oxygen atoms in total. The van der Waals surface area contributed by atoms with Gasteiger partial charge in [-0.3, -0.25) is 9.59 Å². The number of carbonyl (C=O) groups excluding carboxylic acids is 2. The molecule has 0 spiro atoms. The van der Waals surface area contributed by atoms with Gasteiger partial charge in [0.1, 0.15) is 5.75 Å². The van der Waals surface area contributed by atoms with E-state index in [0.29, 0.717) is 17.4 Å². The Morgan fingerprint density at radius 1 is 1.08 bits per heavy atom. The van der Waals surface area contributed by atoms with Crippen LogP contribution >= 0.6 is 0 Å². The van der Waals surface area contributed by atoms with Gasteiger partial charge in [0.15, 0.2) is 12.9 Å². The van der Waals surface area contributed by atoms with Gasteiger partial charge < -0.3 is 10.1 Å². The monoisotopic (exact) mass is 337 g/mol. The zero-order chi connectivity index (χ0) is 17.6. The molecule has 2 aromatic rings. The first-order chi connectivity index (χ1) is 11.4. The highest BCUT2D eigenvalue weighted by molar-refractivity contribution is 5.80. The van der Waals surface area contributed by atoms with Gasteiger partial charge in [-0.1, -0.05) is 24.3 Å². The highest BCUT2D eigenvalue weighted by Crippen LogP contribution is 2.29. The van der Waals surface area contributed by atoms with Crippen molar-refractivity contribution in [1.29, 1.82) is 0 Å². The Bertz CT molecular complexity index is 712. The molecule has 0 fully saturated rings. The first-order valence-electron chi connectivity index (χ1n) is 7.00. The molecule has 0 aliphatic carbocycles. The van der Waals surface area contributed by atoms with Crippen LogP contribution in [0.3, 0.4) is 0 Å². The van der Waals surface area contributed by atoms with Gasteiger partial charge in [0.05, 0.1) is 11.1 Å². The van der Waals surface area contributed by atoms with Crippen molar-refractivity contribution in [2.45, 2.75) is 12.7 Å². The summed E-state index contributed by atoms with van der Waals surface area (Å²) in [6.07, 6.45) is -3.77. The minimum Gasteiger partial charge on any atom is -0.483 e. The Morgan fingerprint density at radius 2 is 1.75 bits per heavy atom. The number of aldehydes is 1. The van der Waals surface area contributed by atoms with Crippen LogP contribution in [0.15, 0.2) is 48.5 Å². The lowest BCUT2D eigenvalue weighted by molar-refractivity contribution is -0.137. The van der Waals surface area contributed by atoms with Crippen LogP contribution in [-0.4, -0.2) is 18.8 Å². The van der Waals surface area contributed by atoms with E-state index >= 15 is 0 Å². The van der Waals surface area contributed by atoms with Gasteiger partial charge in [0, 0.05) is 6.54 Å². The number of nitrogens with one attached hydrogen (secondary N) is 1. The van der Waals surface area contributed by atoms with Gasteiger partial charge in [-0.05, 0) is 29.8 Å². The molecule has 126 valence electrons. The number of benzene rings is 2. The van der Waals surface area contributed by atoms with Gasteiger partial charge >= 0.3 is 6.18 Å².